The summed E-state index contributed by atoms with van der Waals surface area (Å²) in [6.07, 6.45) is -0.869. The summed E-state index contributed by atoms with van der Waals surface area (Å²) in [5.74, 6) is -0.893. The van der Waals surface area contributed by atoms with Gasteiger partial charge in [0.15, 0.2) is 5.65 Å². The molecule has 3 aromatic heterocycles. The van der Waals surface area contributed by atoms with Crippen LogP contribution < -0.4 is 5.56 Å². The third-order valence-electron chi connectivity index (χ3n) is 6.42. The minimum absolute atomic E-state index is 0.0681. The van der Waals surface area contributed by atoms with Crippen LogP contribution in [0.25, 0.3) is 16.9 Å². The van der Waals surface area contributed by atoms with Crippen molar-refractivity contribution >= 4 is 17.2 Å². The van der Waals surface area contributed by atoms with E-state index in [0.29, 0.717) is 29.8 Å². The zero-order valence-corrected chi connectivity index (χ0v) is 19.9. The van der Waals surface area contributed by atoms with E-state index in [4.69, 9.17) is 21.3 Å². The van der Waals surface area contributed by atoms with Crippen LogP contribution in [0.3, 0.4) is 0 Å². The van der Waals surface area contributed by atoms with Gasteiger partial charge in [0, 0.05) is 52.3 Å². The Morgan fingerprint density at radius 3 is 2.64 bits per heavy atom. The van der Waals surface area contributed by atoms with Crippen molar-refractivity contribution in [2.75, 3.05) is 6.61 Å². The Kier molecular flexibility index (Phi) is 6.08. The standard InChI is InChI=1S/C24H20ClF4N5O2/c1-12-13(2)31-22-21(17-4-3-16(25)8-18(17)26)32-19(11-33(22)23(12)35)14-5-6-36-20(7-14)15-9-30-34(10-15)24(27,28)29/h3-4,8-11,14,20H,5-7H2,1-2H3/t14-,20+/m0/s1. The number of aromatic nitrogens is 5. The monoisotopic (exact) mass is 521 g/mol. The van der Waals surface area contributed by atoms with Gasteiger partial charge in [-0.3, -0.25) is 9.20 Å². The number of halogens is 5. The Labute approximate surface area is 207 Å². The molecule has 36 heavy (non-hydrogen) atoms. The number of hydrogen-bond donors (Lipinski definition) is 0. The third-order valence-corrected chi connectivity index (χ3v) is 6.66. The largest absolute Gasteiger partial charge is 0.504 e. The van der Waals surface area contributed by atoms with Crippen LogP contribution in [0.15, 0.2) is 41.6 Å². The minimum Gasteiger partial charge on any atom is -0.373 e. The zero-order valence-electron chi connectivity index (χ0n) is 19.2. The van der Waals surface area contributed by atoms with Gasteiger partial charge in [0.1, 0.15) is 11.5 Å². The maximum Gasteiger partial charge on any atom is 0.504 e. The van der Waals surface area contributed by atoms with Crippen molar-refractivity contribution < 1.29 is 22.3 Å². The molecule has 188 valence electrons. The number of aryl methyl sites for hydroxylation is 1. The first-order chi connectivity index (χ1) is 17.0. The van der Waals surface area contributed by atoms with E-state index in [-0.39, 0.29) is 50.3 Å². The lowest BCUT2D eigenvalue weighted by atomic mass is 9.90. The second kappa shape index (κ2) is 8.97. The summed E-state index contributed by atoms with van der Waals surface area (Å²) in [6.45, 7) is 3.61. The Balaban J connectivity index is 1.61. The van der Waals surface area contributed by atoms with Crippen molar-refractivity contribution in [3.63, 3.8) is 0 Å². The molecule has 0 saturated carbocycles. The van der Waals surface area contributed by atoms with Crippen LogP contribution in [0.4, 0.5) is 17.6 Å². The van der Waals surface area contributed by atoms with Gasteiger partial charge in [-0.05, 0) is 44.9 Å². The molecule has 0 spiro atoms. The van der Waals surface area contributed by atoms with Crippen LogP contribution in [0.5, 0.6) is 0 Å². The van der Waals surface area contributed by atoms with Gasteiger partial charge in [0.25, 0.3) is 5.56 Å². The van der Waals surface area contributed by atoms with Crippen molar-refractivity contribution in [1.29, 1.82) is 0 Å². The number of fused-ring (bicyclic) bond motifs is 1. The van der Waals surface area contributed by atoms with Gasteiger partial charge in [-0.15, -0.1) is 13.2 Å². The van der Waals surface area contributed by atoms with Crippen LogP contribution in [-0.2, 0) is 11.0 Å². The summed E-state index contributed by atoms with van der Waals surface area (Å²) in [7, 11) is 0. The highest BCUT2D eigenvalue weighted by Crippen LogP contribution is 2.38. The summed E-state index contributed by atoms with van der Waals surface area (Å²) in [4.78, 5) is 22.3. The van der Waals surface area contributed by atoms with Crippen LogP contribution in [0.1, 0.15) is 47.4 Å². The van der Waals surface area contributed by atoms with Gasteiger partial charge in [-0.2, -0.15) is 9.78 Å². The van der Waals surface area contributed by atoms with Gasteiger partial charge in [-0.25, -0.2) is 14.4 Å². The molecule has 0 unspecified atom stereocenters. The fraction of sp³-hybridized carbons (Fsp3) is 0.333. The lowest BCUT2D eigenvalue weighted by Crippen LogP contribution is -2.24. The number of rotatable bonds is 3. The average molecular weight is 522 g/mol. The highest BCUT2D eigenvalue weighted by atomic mass is 35.5. The van der Waals surface area contributed by atoms with Crippen LogP contribution in [0.2, 0.25) is 5.02 Å². The number of alkyl halides is 3. The van der Waals surface area contributed by atoms with Crippen molar-refractivity contribution in [1.82, 2.24) is 24.1 Å². The third kappa shape index (κ3) is 4.37. The normalized spacial score (nSPS) is 18.6. The molecule has 0 amide bonds. The molecule has 4 aromatic rings. The first kappa shape index (κ1) is 24.4. The van der Waals surface area contributed by atoms with Gasteiger partial charge in [-0.1, -0.05) is 11.6 Å². The highest BCUT2D eigenvalue weighted by Gasteiger charge is 2.34. The summed E-state index contributed by atoms with van der Waals surface area (Å²) < 4.78 is 60.9. The molecule has 0 N–H and O–H groups in total. The van der Waals surface area contributed by atoms with E-state index in [1.54, 1.807) is 20.0 Å². The predicted octanol–water partition coefficient (Wildman–Crippen LogP) is 5.47. The van der Waals surface area contributed by atoms with Gasteiger partial charge >= 0.3 is 6.30 Å². The molecule has 12 heteroatoms. The Morgan fingerprint density at radius 2 is 1.94 bits per heavy atom. The summed E-state index contributed by atoms with van der Waals surface area (Å²) in [6, 6.07) is 4.15. The molecular formula is C24H20ClF4N5O2. The van der Waals surface area contributed by atoms with Crippen molar-refractivity contribution in [2.24, 2.45) is 0 Å². The number of hydrogen-bond acceptors (Lipinski definition) is 5. The van der Waals surface area contributed by atoms with Gasteiger partial charge in [0.2, 0.25) is 0 Å². The first-order valence-corrected chi connectivity index (χ1v) is 11.5. The topological polar surface area (TPSA) is 74.3 Å². The number of ether oxygens (including phenoxy) is 1. The molecule has 5 rings (SSSR count). The fourth-order valence-corrected chi connectivity index (χ4v) is 4.51. The summed E-state index contributed by atoms with van der Waals surface area (Å²) >= 11 is 5.93. The molecule has 7 nitrogen and oxygen atoms in total. The fourth-order valence-electron chi connectivity index (χ4n) is 4.35. The van der Waals surface area contributed by atoms with Gasteiger partial charge in [0.05, 0.1) is 18.0 Å². The molecule has 1 aliphatic heterocycles. The van der Waals surface area contributed by atoms with Crippen LogP contribution >= 0.6 is 11.6 Å². The van der Waals surface area contributed by atoms with E-state index >= 15 is 0 Å². The Bertz CT molecular complexity index is 1530. The minimum atomic E-state index is -4.63. The molecule has 4 heterocycles. The molecular weight excluding hydrogens is 502 g/mol. The zero-order chi connectivity index (χ0) is 25.8. The second-order valence-electron chi connectivity index (χ2n) is 8.73. The SMILES string of the molecule is Cc1nc2c(-c3ccc(Cl)cc3F)nc([C@H]3CCO[C@@H](c4cnn(C(F)(F)F)c4)C3)cn2c(=O)c1C. The molecule has 2 atom stereocenters. The van der Waals surface area contributed by atoms with E-state index in [1.165, 1.54) is 16.5 Å². The Morgan fingerprint density at radius 1 is 1.17 bits per heavy atom. The molecule has 1 aromatic carbocycles. The lowest BCUT2D eigenvalue weighted by Gasteiger charge is -2.29. The maximum absolute atomic E-state index is 14.9. The van der Waals surface area contributed by atoms with Crippen LogP contribution in [0, 0.1) is 19.7 Å². The summed E-state index contributed by atoms with van der Waals surface area (Å²) in [5, 5.41) is 3.60. The first-order valence-electron chi connectivity index (χ1n) is 11.1. The molecule has 1 saturated heterocycles. The van der Waals surface area contributed by atoms with Crippen LogP contribution in [-0.4, -0.2) is 30.8 Å². The quantitative estimate of drug-likeness (QED) is 0.334. The van der Waals surface area contributed by atoms with Gasteiger partial charge < -0.3 is 4.74 Å². The molecule has 1 aliphatic rings. The summed E-state index contributed by atoms with van der Waals surface area (Å²) in [5.41, 5.74) is 1.89. The van der Waals surface area contributed by atoms with E-state index in [1.807, 2.05) is 0 Å². The second-order valence-corrected chi connectivity index (χ2v) is 9.16. The van der Waals surface area contributed by atoms with Crippen molar-refractivity contribution in [3.05, 3.63) is 80.5 Å². The highest BCUT2D eigenvalue weighted by molar-refractivity contribution is 6.30. The van der Waals surface area contributed by atoms with E-state index in [0.717, 1.165) is 18.5 Å². The smallest absolute Gasteiger partial charge is 0.373 e. The predicted molar refractivity (Wildman–Crippen MR) is 123 cm³/mol. The van der Waals surface area contributed by atoms with E-state index in [9.17, 15) is 22.4 Å². The maximum atomic E-state index is 14.9. The lowest BCUT2D eigenvalue weighted by molar-refractivity contribution is -0.212. The number of nitrogens with zero attached hydrogens (tertiary/aromatic N) is 5. The average Bonchev–Trinajstić information content (AvgIpc) is 3.34. The van der Waals surface area contributed by atoms with E-state index < -0.39 is 18.2 Å². The molecule has 0 bridgehead atoms. The van der Waals surface area contributed by atoms with Crippen molar-refractivity contribution in [3.8, 4) is 11.3 Å². The molecule has 1 fully saturated rings. The Hall–Kier alpha value is -3.31. The van der Waals surface area contributed by atoms with Crippen molar-refractivity contribution in [2.45, 2.75) is 45.0 Å². The molecule has 0 aliphatic carbocycles. The number of benzene rings is 1. The van der Waals surface area contributed by atoms with E-state index in [2.05, 4.69) is 10.1 Å². The molecule has 0 radical (unpaired) electrons.